The first kappa shape index (κ1) is 18.1. The molecule has 2 amide bonds. The van der Waals surface area contributed by atoms with Crippen LogP contribution in [0.15, 0.2) is 18.2 Å². The van der Waals surface area contributed by atoms with E-state index in [1.54, 1.807) is 0 Å². The number of anilines is 1. The molecule has 0 aliphatic carbocycles. The van der Waals surface area contributed by atoms with Crippen LogP contribution in [0.1, 0.15) is 25.7 Å². The number of nitrogens with one attached hydrogen (secondary N) is 3. The van der Waals surface area contributed by atoms with E-state index in [0.29, 0.717) is 19.0 Å². The Kier molecular flexibility index (Phi) is 6.42. The number of carbonyl (C=O) groups is 2. The van der Waals surface area contributed by atoms with E-state index in [2.05, 4.69) is 16.2 Å². The quantitative estimate of drug-likeness (QED) is 0.568. The lowest BCUT2D eigenvalue weighted by molar-refractivity contribution is -0.135. The summed E-state index contributed by atoms with van der Waals surface area (Å²) in [6.07, 6.45) is 3.13. The van der Waals surface area contributed by atoms with Gasteiger partial charge in [0.2, 0.25) is 5.91 Å². The predicted octanol–water partition coefficient (Wildman–Crippen LogP) is 1.68. The number of rotatable bonds is 3. The molecule has 2 rings (SSSR count). The summed E-state index contributed by atoms with van der Waals surface area (Å²) in [6.45, 7) is 0.481. The average molecular weight is 356 g/mol. The fourth-order valence-electron chi connectivity index (χ4n) is 2.29. The molecule has 1 aromatic rings. The van der Waals surface area contributed by atoms with Gasteiger partial charge in [-0.05, 0) is 37.2 Å². The summed E-state index contributed by atoms with van der Waals surface area (Å²) < 4.78 is 26.3. The van der Waals surface area contributed by atoms with Gasteiger partial charge < -0.3 is 10.2 Å². The third-order valence-electron chi connectivity index (χ3n) is 3.50. The topological polar surface area (TPSA) is 73.5 Å². The standard InChI is InChI=1S/C15H18F2N4O2S/c16-10-5-6-12(11(17)8-10)18-15(24)20-19-13(22)9-21-7-3-1-2-4-14(21)23/h5-6,8H,1-4,7,9H2,(H,19,22)(H2,18,20,24). The lowest BCUT2D eigenvalue weighted by Gasteiger charge is -2.20. The van der Waals surface area contributed by atoms with E-state index in [9.17, 15) is 18.4 Å². The molecule has 0 saturated carbocycles. The molecule has 3 N–H and O–H groups in total. The number of carbonyl (C=O) groups excluding carboxylic acids is 2. The third-order valence-corrected chi connectivity index (χ3v) is 3.70. The summed E-state index contributed by atoms with van der Waals surface area (Å²) in [4.78, 5) is 25.2. The molecule has 0 unspecified atom stereocenters. The number of thiocarbonyl (C=S) groups is 1. The zero-order valence-electron chi connectivity index (χ0n) is 12.9. The molecule has 24 heavy (non-hydrogen) atoms. The smallest absolute Gasteiger partial charge is 0.257 e. The van der Waals surface area contributed by atoms with Crippen LogP contribution in [0.5, 0.6) is 0 Å². The highest BCUT2D eigenvalue weighted by atomic mass is 32.1. The fourth-order valence-corrected chi connectivity index (χ4v) is 2.45. The average Bonchev–Trinajstić information content (AvgIpc) is 2.73. The molecule has 0 radical (unpaired) electrons. The van der Waals surface area contributed by atoms with Crippen molar-refractivity contribution >= 4 is 34.8 Å². The van der Waals surface area contributed by atoms with Gasteiger partial charge in [-0.3, -0.25) is 20.4 Å². The SMILES string of the molecule is O=C(CN1CCCCCC1=O)NNC(=S)Nc1ccc(F)cc1F. The first-order chi connectivity index (χ1) is 11.5. The molecule has 130 valence electrons. The highest BCUT2D eigenvalue weighted by Gasteiger charge is 2.19. The van der Waals surface area contributed by atoms with Crippen molar-refractivity contribution in [2.75, 3.05) is 18.4 Å². The second kappa shape index (κ2) is 8.53. The summed E-state index contributed by atoms with van der Waals surface area (Å²) in [6, 6.07) is 2.99. The van der Waals surface area contributed by atoms with E-state index in [4.69, 9.17) is 12.2 Å². The Bertz CT molecular complexity index is 642. The zero-order chi connectivity index (χ0) is 17.5. The molecule has 1 aliphatic heterocycles. The molecule has 6 nitrogen and oxygen atoms in total. The number of likely N-dealkylation sites (tertiary alicyclic amines) is 1. The first-order valence-electron chi connectivity index (χ1n) is 7.54. The van der Waals surface area contributed by atoms with Gasteiger partial charge in [0.05, 0.1) is 5.69 Å². The minimum Gasteiger partial charge on any atom is -0.333 e. The number of nitrogens with zero attached hydrogens (tertiary/aromatic N) is 1. The normalized spacial score (nSPS) is 14.8. The minimum absolute atomic E-state index is 0.0224. The van der Waals surface area contributed by atoms with E-state index >= 15 is 0 Å². The number of hydrazine groups is 1. The Labute approximate surface area is 143 Å². The van der Waals surface area contributed by atoms with Gasteiger partial charge in [0, 0.05) is 19.0 Å². The van der Waals surface area contributed by atoms with Gasteiger partial charge in [-0.15, -0.1) is 0 Å². The Morgan fingerprint density at radius 1 is 1.21 bits per heavy atom. The zero-order valence-corrected chi connectivity index (χ0v) is 13.7. The summed E-state index contributed by atoms with van der Waals surface area (Å²) in [5.41, 5.74) is 4.73. The lowest BCUT2D eigenvalue weighted by Crippen LogP contribution is -2.48. The van der Waals surface area contributed by atoms with Gasteiger partial charge in [0.25, 0.3) is 5.91 Å². The van der Waals surface area contributed by atoms with Crippen molar-refractivity contribution in [3.63, 3.8) is 0 Å². The van der Waals surface area contributed by atoms with Gasteiger partial charge in [0.15, 0.2) is 5.11 Å². The first-order valence-corrected chi connectivity index (χ1v) is 7.95. The van der Waals surface area contributed by atoms with Crippen molar-refractivity contribution in [2.24, 2.45) is 0 Å². The Hall–Kier alpha value is -2.29. The van der Waals surface area contributed by atoms with E-state index in [0.717, 1.165) is 25.3 Å². The van der Waals surface area contributed by atoms with Gasteiger partial charge in [-0.25, -0.2) is 8.78 Å². The van der Waals surface area contributed by atoms with E-state index in [1.165, 1.54) is 11.0 Å². The molecule has 1 fully saturated rings. The molecule has 1 saturated heterocycles. The number of hydrogen-bond donors (Lipinski definition) is 3. The van der Waals surface area contributed by atoms with Crippen LogP contribution in [0.2, 0.25) is 0 Å². The maximum Gasteiger partial charge on any atom is 0.257 e. The number of hydrogen-bond acceptors (Lipinski definition) is 3. The minimum atomic E-state index is -0.805. The van der Waals surface area contributed by atoms with Crippen LogP contribution in [0.3, 0.4) is 0 Å². The third kappa shape index (κ3) is 5.41. The molecule has 0 aromatic heterocycles. The molecule has 0 bridgehead atoms. The van der Waals surface area contributed by atoms with Crippen LogP contribution in [-0.2, 0) is 9.59 Å². The second-order valence-electron chi connectivity index (χ2n) is 5.38. The largest absolute Gasteiger partial charge is 0.333 e. The van der Waals surface area contributed by atoms with Crippen LogP contribution >= 0.6 is 12.2 Å². The molecule has 1 aliphatic rings. The Morgan fingerprint density at radius 3 is 2.75 bits per heavy atom. The number of benzene rings is 1. The summed E-state index contributed by atoms with van der Waals surface area (Å²) in [5, 5.41) is 2.44. The molecule has 1 aromatic carbocycles. The van der Waals surface area contributed by atoms with Crippen LogP contribution in [0.25, 0.3) is 0 Å². The highest BCUT2D eigenvalue weighted by Crippen LogP contribution is 2.14. The second-order valence-corrected chi connectivity index (χ2v) is 5.79. The molecular weight excluding hydrogens is 338 g/mol. The Morgan fingerprint density at radius 2 is 2.00 bits per heavy atom. The fraction of sp³-hybridized carbons (Fsp3) is 0.400. The maximum absolute atomic E-state index is 13.5. The predicted molar refractivity (Wildman–Crippen MR) is 88.9 cm³/mol. The monoisotopic (exact) mass is 356 g/mol. The highest BCUT2D eigenvalue weighted by molar-refractivity contribution is 7.80. The van der Waals surface area contributed by atoms with Gasteiger partial charge in [-0.2, -0.15) is 0 Å². The molecular formula is C15H18F2N4O2S. The summed E-state index contributed by atoms with van der Waals surface area (Å²) in [5.74, 6) is -1.99. The van der Waals surface area contributed by atoms with Crippen molar-refractivity contribution in [1.29, 1.82) is 0 Å². The summed E-state index contributed by atoms with van der Waals surface area (Å²) in [7, 11) is 0. The van der Waals surface area contributed by atoms with Crippen molar-refractivity contribution in [1.82, 2.24) is 15.8 Å². The van der Waals surface area contributed by atoms with Crippen molar-refractivity contribution in [3.8, 4) is 0 Å². The van der Waals surface area contributed by atoms with Gasteiger partial charge in [0.1, 0.15) is 18.2 Å². The van der Waals surface area contributed by atoms with E-state index < -0.39 is 17.5 Å². The van der Waals surface area contributed by atoms with Crippen LogP contribution < -0.4 is 16.2 Å². The van der Waals surface area contributed by atoms with Crippen molar-refractivity contribution in [2.45, 2.75) is 25.7 Å². The molecule has 9 heteroatoms. The molecule has 0 atom stereocenters. The van der Waals surface area contributed by atoms with E-state index in [1.807, 2.05) is 0 Å². The van der Waals surface area contributed by atoms with Crippen LogP contribution in [0, 0.1) is 11.6 Å². The molecule has 1 heterocycles. The summed E-state index contributed by atoms with van der Waals surface area (Å²) >= 11 is 4.92. The van der Waals surface area contributed by atoms with Gasteiger partial charge in [-0.1, -0.05) is 6.42 Å². The van der Waals surface area contributed by atoms with Crippen LogP contribution in [-0.4, -0.2) is 34.9 Å². The number of halogens is 2. The number of amides is 2. The maximum atomic E-state index is 13.5. The van der Waals surface area contributed by atoms with E-state index in [-0.39, 0.29) is 23.3 Å². The van der Waals surface area contributed by atoms with Crippen LogP contribution in [0.4, 0.5) is 14.5 Å². The molecule has 0 spiro atoms. The Balaban J connectivity index is 1.78. The van der Waals surface area contributed by atoms with Crippen molar-refractivity contribution in [3.05, 3.63) is 29.8 Å². The van der Waals surface area contributed by atoms with Gasteiger partial charge >= 0.3 is 0 Å². The lowest BCUT2D eigenvalue weighted by atomic mass is 10.2. The van der Waals surface area contributed by atoms with Crippen molar-refractivity contribution < 1.29 is 18.4 Å².